The second-order valence-corrected chi connectivity index (χ2v) is 6.18. The van der Waals surface area contributed by atoms with Gasteiger partial charge in [0.15, 0.2) is 0 Å². The molecule has 3 rings (SSSR count). The van der Waals surface area contributed by atoms with Crippen molar-refractivity contribution in [2.45, 2.75) is 32.6 Å². The summed E-state index contributed by atoms with van der Waals surface area (Å²) >= 11 is 0. The molecule has 2 heterocycles. The molecule has 1 amide bonds. The molecular weight excluding hydrogens is 288 g/mol. The van der Waals surface area contributed by atoms with Gasteiger partial charge < -0.3 is 10.2 Å². The zero-order valence-corrected chi connectivity index (χ0v) is 13.6. The van der Waals surface area contributed by atoms with Gasteiger partial charge in [-0.15, -0.1) is 0 Å². The van der Waals surface area contributed by atoms with Crippen molar-refractivity contribution in [3.8, 4) is 11.3 Å². The lowest BCUT2D eigenvalue weighted by Crippen LogP contribution is -2.22. The van der Waals surface area contributed by atoms with Crippen LogP contribution in [0, 0.1) is 6.92 Å². The minimum atomic E-state index is 0.0455. The molecule has 0 spiro atoms. The fourth-order valence-electron chi connectivity index (χ4n) is 3.07. The molecule has 23 heavy (non-hydrogen) atoms. The van der Waals surface area contributed by atoms with E-state index < -0.39 is 0 Å². The summed E-state index contributed by atoms with van der Waals surface area (Å²) in [4.78, 5) is 14.5. The number of anilines is 1. The molecule has 0 aliphatic carbocycles. The van der Waals surface area contributed by atoms with Crippen LogP contribution in [-0.2, 0) is 4.79 Å². The zero-order chi connectivity index (χ0) is 16.1. The first-order chi connectivity index (χ1) is 11.2. The molecule has 122 valence electrons. The van der Waals surface area contributed by atoms with Crippen LogP contribution in [0.15, 0.2) is 30.3 Å². The van der Waals surface area contributed by atoms with E-state index in [4.69, 9.17) is 0 Å². The van der Waals surface area contributed by atoms with E-state index in [2.05, 4.69) is 33.4 Å². The number of H-pyrrole nitrogens is 1. The first-order valence-electron chi connectivity index (χ1n) is 8.36. The SMILES string of the molecule is Cc1ccccc1-c1cc(NC(=O)CCCN2CCCC2)[nH]n1. The highest BCUT2D eigenvalue weighted by atomic mass is 16.1. The summed E-state index contributed by atoms with van der Waals surface area (Å²) in [6.07, 6.45) is 4.05. The van der Waals surface area contributed by atoms with Crippen molar-refractivity contribution in [2.75, 3.05) is 25.0 Å². The van der Waals surface area contributed by atoms with Crippen LogP contribution in [0.1, 0.15) is 31.2 Å². The van der Waals surface area contributed by atoms with Gasteiger partial charge in [0.05, 0.1) is 5.69 Å². The Hall–Kier alpha value is -2.14. The fourth-order valence-corrected chi connectivity index (χ4v) is 3.07. The van der Waals surface area contributed by atoms with Crippen LogP contribution in [0.5, 0.6) is 0 Å². The molecule has 0 radical (unpaired) electrons. The molecule has 0 saturated carbocycles. The van der Waals surface area contributed by atoms with E-state index in [0.29, 0.717) is 12.2 Å². The number of aromatic amines is 1. The maximum Gasteiger partial charge on any atom is 0.225 e. The van der Waals surface area contributed by atoms with Crippen LogP contribution in [0.2, 0.25) is 0 Å². The van der Waals surface area contributed by atoms with Crippen LogP contribution in [-0.4, -0.2) is 40.6 Å². The lowest BCUT2D eigenvalue weighted by Gasteiger charge is -2.13. The number of amides is 1. The molecule has 1 aliphatic heterocycles. The summed E-state index contributed by atoms with van der Waals surface area (Å²) in [6.45, 7) is 5.44. The molecule has 1 aromatic carbocycles. The molecule has 2 N–H and O–H groups in total. The van der Waals surface area contributed by atoms with Gasteiger partial charge in [0.1, 0.15) is 5.82 Å². The van der Waals surface area contributed by atoms with Gasteiger partial charge in [-0.2, -0.15) is 5.10 Å². The summed E-state index contributed by atoms with van der Waals surface area (Å²) in [7, 11) is 0. The Morgan fingerprint density at radius 2 is 2.09 bits per heavy atom. The number of carbonyl (C=O) groups excluding carboxylic acids is 1. The molecule has 1 aliphatic rings. The summed E-state index contributed by atoms with van der Waals surface area (Å²) in [5.74, 6) is 0.707. The van der Waals surface area contributed by atoms with E-state index in [1.54, 1.807) is 0 Å². The minimum Gasteiger partial charge on any atom is -0.311 e. The van der Waals surface area contributed by atoms with Gasteiger partial charge in [-0.25, -0.2) is 0 Å². The van der Waals surface area contributed by atoms with Crippen molar-refractivity contribution in [1.29, 1.82) is 0 Å². The summed E-state index contributed by atoms with van der Waals surface area (Å²) in [6, 6.07) is 9.98. The van der Waals surface area contributed by atoms with Gasteiger partial charge in [0.25, 0.3) is 0 Å². The molecule has 1 fully saturated rings. The number of aryl methyl sites for hydroxylation is 1. The normalized spacial score (nSPS) is 15.0. The van der Waals surface area contributed by atoms with Crippen molar-refractivity contribution >= 4 is 11.7 Å². The first kappa shape index (κ1) is 15.7. The molecule has 1 aromatic heterocycles. The van der Waals surface area contributed by atoms with Gasteiger partial charge in [-0.05, 0) is 51.4 Å². The molecule has 0 atom stereocenters. The Kier molecular flexibility index (Phi) is 5.08. The number of likely N-dealkylation sites (tertiary alicyclic amines) is 1. The highest BCUT2D eigenvalue weighted by molar-refractivity contribution is 5.90. The van der Waals surface area contributed by atoms with E-state index in [1.807, 2.05) is 24.3 Å². The molecule has 0 bridgehead atoms. The maximum absolute atomic E-state index is 12.0. The highest BCUT2D eigenvalue weighted by Crippen LogP contribution is 2.23. The summed E-state index contributed by atoms with van der Waals surface area (Å²) in [5, 5.41) is 10.1. The van der Waals surface area contributed by atoms with Crippen molar-refractivity contribution in [3.63, 3.8) is 0 Å². The Labute approximate surface area is 137 Å². The van der Waals surface area contributed by atoms with Crippen LogP contribution in [0.25, 0.3) is 11.3 Å². The Morgan fingerprint density at radius 1 is 1.30 bits per heavy atom. The quantitative estimate of drug-likeness (QED) is 0.861. The summed E-state index contributed by atoms with van der Waals surface area (Å²) in [5.41, 5.74) is 3.11. The topological polar surface area (TPSA) is 61.0 Å². The predicted octanol–water partition coefficient (Wildman–Crippen LogP) is 3.20. The Morgan fingerprint density at radius 3 is 2.87 bits per heavy atom. The molecule has 1 saturated heterocycles. The van der Waals surface area contributed by atoms with Gasteiger partial charge in [0.2, 0.25) is 5.91 Å². The second-order valence-electron chi connectivity index (χ2n) is 6.18. The average molecular weight is 312 g/mol. The fraction of sp³-hybridized carbons (Fsp3) is 0.444. The third-order valence-corrected chi connectivity index (χ3v) is 4.35. The number of nitrogens with one attached hydrogen (secondary N) is 2. The number of benzene rings is 1. The van der Waals surface area contributed by atoms with Crippen molar-refractivity contribution < 1.29 is 4.79 Å². The van der Waals surface area contributed by atoms with Gasteiger partial charge in [-0.3, -0.25) is 9.89 Å². The summed E-state index contributed by atoms with van der Waals surface area (Å²) < 4.78 is 0. The van der Waals surface area contributed by atoms with Gasteiger partial charge in [-0.1, -0.05) is 24.3 Å². The lowest BCUT2D eigenvalue weighted by atomic mass is 10.1. The molecule has 0 unspecified atom stereocenters. The molecule has 2 aromatic rings. The van der Waals surface area contributed by atoms with E-state index in [0.717, 1.165) is 24.2 Å². The number of rotatable bonds is 6. The third-order valence-electron chi connectivity index (χ3n) is 4.35. The predicted molar refractivity (Wildman–Crippen MR) is 92.3 cm³/mol. The monoisotopic (exact) mass is 312 g/mol. The van der Waals surface area contributed by atoms with E-state index in [9.17, 15) is 4.79 Å². The number of hydrogen-bond acceptors (Lipinski definition) is 3. The van der Waals surface area contributed by atoms with Crippen LogP contribution in [0.3, 0.4) is 0 Å². The van der Waals surface area contributed by atoms with Crippen molar-refractivity contribution in [1.82, 2.24) is 15.1 Å². The van der Waals surface area contributed by atoms with Gasteiger partial charge >= 0.3 is 0 Å². The maximum atomic E-state index is 12.0. The standard InChI is InChI=1S/C18H24N4O/c1-14-7-2-3-8-15(14)16-13-17(21-20-16)19-18(23)9-6-12-22-10-4-5-11-22/h2-3,7-8,13H,4-6,9-12H2,1H3,(H2,19,20,21,23). The number of hydrogen-bond donors (Lipinski definition) is 2. The van der Waals surface area contributed by atoms with E-state index in [-0.39, 0.29) is 5.91 Å². The Balaban J connectivity index is 1.50. The largest absolute Gasteiger partial charge is 0.311 e. The smallest absolute Gasteiger partial charge is 0.225 e. The number of aromatic nitrogens is 2. The average Bonchev–Trinajstić information content (AvgIpc) is 3.20. The first-order valence-corrected chi connectivity index (χ1v) is 8.36. The van der Waals surface area contributed by atoms with Crippen molar-refractivity contribution in [3.05, 3.63) is 35.9 Å². The Bertz CT molecular complexity index is 659. The molecule has 5 nitrogen and oxygen atoms in total. The van der Waals surface area contributed by atoms with Crippen LogP contribution in [0.4, 0.5) is 5.82 Å². The van der Waals surface area contributed by atoms with Crippen molar-refractivity contribution in [2.24, 2.45) is 0 Å². The zero-order valence-electron chi connectivity index (χ0n) is 13.6. The van der Waals surface area contributed by atoms with E-state index >= 15 is 0 Å². The van der Waals surface area contributed by atoms with Gasteiger partial charge in [0, 0.05) is 18.1 Å². The molecule has 5 heteroatoms. The number of nitrogens with zero attached hydrogens (tertiary/aromatic N) is 2. The van der Waals surface area contributed by atoms with Crippen LogP contribution < -0.4 is 5.32 Å². The van der Waals surface area contributed by atoms with E-state index in [1.165, 1.54) is 31.5 Å². The third kappa shape index (κ3) is 4.20. The highest BCUT2D eigenvalue weighted by Gasteiger charge is 2.12. The lowest BCUT2D eigenvalue weighted by molar-refractivity contribution is -0.116. The van der Waals surface area contributed by atoms with Crippen LogP contribution >= 0.6 is 0 Å². The minimum absolute atomic E-state index is 0.0455. The number of carbonyl (C=O) groups is 1. The second kappa shape index (κ2) is 7.42. The molecular formula is C18H24N4O.